The quantitative estimate of drug-likeness (QED) is 0.847. The smallest absolute Gasteiger partial charge is 0.0670 e. The van der Waals surface area contributed by atoms with Crippen molar-refractivity contribution in [1.82, 2.24) is 0 Å². The van der Waals surface area contributed by atoms with Gasteiger partial charge in [-0.15, -0.1) is 0 Å². The van der Waals surface area contributed by atoms with Crippen LogP contribution in [-0.4, -0.2) is 18.8 Å². The SMILES string of the molecule is CCOC1CC(Nc2c(C)cccc2CC)C12CCCC2. The Kier molecular flexibility index (Phi) is 4.26. The Hall–Kier alpha value is -1.02. The molecule has 2 fully saturated rings. The number of ether oxygens (including phenoxy) is 1. The summed E-state index contributed by atoms with van der Waals surface area (Å²) in [4.78, 5) is 0. The first-order valence-corrected chi connectivity index (χ1v) is 8.68. The van der Waals surface area contributed by atoms with Crippen molar-refractivity contribution in [1.29, 1.82) is 0 Å². The van der Waals surface area contributed by atoms with Crippen molar-refractivity contribution in [2.45, 2.75) is 71.4 Å². The molecule has 0 amide bonds. The van der Waals surface area contributed by atoms with Crippen LogP contribution in [0.4, 0.5) is 5.69 Å². The van der Waals surface area contributed by atoms with Crippen LogP contribution in [0.15, 0.2) is 18.2 Å². The predicted molar refractivity (Wildman–Crippen MR) is 88.9 cm³/mol. The summed E-state index contributed by atoms with van der Waals surface area (Å²) in [6, 6.07) is 7.26. The Morgan fingerprint density at radius 3 is 2.67 bits per heavy atom. The topological polar surface area (TPSA) is 21.3 Å². The van der Waals surface area contributed by atoms with E-state index in [-0.39, 0.29) is 0 Å². The van der Waals surface area contributed by atoms with Gasteiger partial charge < -0.3 is 10.1 Å². The van der Waals surface area contributed by atoms with E-state index in [9.17, 15) is 0 Å². The van der Waals surface area contributed by atoms with Gasteiger partial charge in [0.15, 0.2) is 0 Å². The zero-order chi connectivity index (χ0) is 14.9. The maximum absolute atomic E-state index is 6.03. The lowest BCUT2D eigenvalue weighted by Gasteiger charge is -2.54. The van der Waals surface area contributed by atoms with Gasteiger partial charge >= 0.3 is 0 Å². The van der Waals surface area contributed by atoms with Crippen molar-refractivity contribution in [3.8, 4) is 0 Å². The molecular formula is C19H29NO. The molecular weight excluding hydrogens is 258 g/mol. The van der Waals surface area contributed by atoms with Gasteiger partial charge in [0, 0.05) is 23.8 Å². The molecule has 2 unspecified atom stereocenters. The fraction of sp³-hybridized carbons (Fsp3) is 0.684. The Bertz CT molecular complexity index is 490. The van der Waals surface area contributed by atoms with Crippen LogP contribution in [0.1, 0.15) is 57.1 Å². The molecule has 0 bridgehead atoms. The highest BCUT2D eigenvalue weighted by Gasteiger charge is 2.56. The van der Waals surface area contributed by atoms with Crippen molar-refractivity contribution >= 4 is 5.69 Å². The maximum Gasteiger partial charge on any atom is 0.0670 e. The number of rotatable bonds is 5. The summed E-state index contributed by atoms with van der Waals surface area (Å²) in [7, 11) is 0. The number of aryl methyl sites for hydroxylation is 2. The van der Waals surface area contributed by atoms with Crippen molar-refractivity contribution in [3.05, 3.63) is 29.3 Å². The highest BCUT2D eigenvalue weighted by atomic mass is 16.5. The van der Waals surface area contributed by atoms with Crippen LogP contribution in [-0.2, 0) is 11.2 Å². The van der Waals surface area contributed by atoms with Gasteiger partial charge in [-0.2, -0.15) is 0 Å². The van der Waals surface area contributed by atoms with Gasteiger partial charge in [-0.25, -0.2) is 0 Å². The second-order valence-electron chi connectivity index (χ2n) is 6.78. The molecule has 1 N–H and O–H groups in total. The van der Waals surface area contributed by atoms with Crippen LogP contribution < -0.4 is 5.32 Å². The van der Waals surface area contributed by atoms with E-state index < -0.39 is 0 Å². The molecule has 0 radical (unpaired) electrons. The van der Waals surface area contributed by atoms with Crippen molar-refractivity contribution in [2.24, 2.45) is 5.41 Å². The highest BCUT2D eigenvalue weighted by molar-refractivity contribution is 5.58. The summed E-state index contributed by atoms with van der Waals surface area (Å²) >= 11 is 0. The van der Waals surface area contributed by atoms with Crippen molar-refractivity contribution in [2.75, 3.05) is 11.9 Å². The molecule has 2 heteroatoms. The van der Waals surface area contributed by atoms with Crippen LogP contribution >= 0.6 is 0 Å². The number of nitrogens with one attached hydrogen (secondary N) is 1. The molecule has 0 saturated heterocycles. The average molecular weight is 287 g/mol. The fourth-order valence-electron chi connectivity index (χ4n) is 4.49. The highest BCUT2D eigenvalue weighted by Crippen LogP contribution is 2.55. The Labute approximate surface area is 129 Å². The molecule has 1 aromatic carbocycles. The summed E-state index contributed by atoms with van der Waals surface area (Å²) in [5.74, 6) is 0. The van der Waals surface area contributed by atoms with Gasteiger partial charge in [0.1, 0.15) is 0 Å². The van der Waals surface area contributed by atoms with Gasteiger partial charge in [0.25, 0.3) is 0 Å². The van der Waals surface area contributed by atoms with Crippen LogP contribution in [0.5, 0.6) is 0 Å². The summed E-state index contributed by atoms with van der Waals surface area (Å²) in [6.07, 6.45) is 8.17. The Morgan fingerprint density at radius 1 is 1.24 bits per heavy atom. The normalized spacial score (nSPS) is 26.8. The minimum Gasteiger partial charge on any atom is -0.381 e. The third kappa shape index (κ3) is 2.48. The van der Waals surface area contributed by atoms with E-state index in [1.54, 1.807) is 0 Å². The van der Waals surface area contributed by atoms with E-state index in [1.165, 1.54) is 48.9 Å². The molecule has 0 aliphatic heterocycles. The summed E-state index contributed by atoms with van der Waals surface area (Å²) in [5.41, 5.74) is 4.61. The molecule has 3 rings (SSSR count). The van der Waals surface area contributed by atoms with Crippen molar-refractivity contribution in [3.63, 3.8) is 0 Å². The first-order valence-electron chi connectivity index (χ1n) is 8.68. The standard InChI is InChI=1S/C19H29NO/c1-4-15-10-8-9-14(3)18(15)20-16-13-17(21-5-2)19(16)11-6-7-12-19/h8-10,16-17,20H,4-7,11-13H2,1-3H3. The molecule has 2 aliphatic carbocycles. The van der Waals surface area contributed by atoms with Crippen molar-refractivity contribution < 1.29 is 4.74 Å². The summed E-state index contributed by atoms with van der Waals surface area (Å²) < 4.78 is 6.03. The first kappa shape index (κ1) is 14.9. The second kappa shape index (κ2) is 6.00. The van der Waals surface area contributed by atoms with Crippen LogP contribution in [0.25, 0.3) is 0 Å². The average Bonchev–Trinajstić information content (AvgIpc) is 3.00. The predicted octanol–water partition coefficient (Wildman–Crippen LogP) is 4.71. The number of para-hydroxylation sites is 1. The second-order valence-corrected chi connectivity index (χ2v) is 6.78. The molecule has 2 saturated carbocycles. The Morgan fingerprint density at radius 2 is 2.00 bits per heavy atom. The molecule has 0 heterocycles. The number of benzene rings is 1. The first-order chi connectivity index (χ1) is 10.2. The van der Waals surface area contributed by atoms with E-state index in [4.69, 9.17) is 4.74 Å². The number of hydrogen-bond donors (Lipinski definition) is 1. The van der Waals surface area contributed by atoms with Gasteiger partial charge in [0.2, 0.25) is 0 Å². The zero-order valence-corrected chi connectivity index (χ0v) is 13.7. The molecule has 2 nitrogen and oxygen atoms in total. The van der Waals surface area contributed by atoms with Gasteiger partial charge in [-0.1, -0.05) is 38.0 Å². The number of anilines is 1. The van der Waals surface area contributed by atoms with E-state index in [0.29, 0.717) is 17.6 Å². The minimum absolute atomic E-state index is 0.406. The van der Waals surface area contributed by atoms with Gasteiger partial charge in [-0.3, -0.25) is 0 Å². The number of hydrogen-bond acceptors (Lipinski definition) is 2. The largest absolute Gasteiger partial charge is 0.381 e. The molecule has 2 aliphatic rings. The molecule has 21 heavy (non-hydrogen) atoms. The van der Waals surface area contributed by atoms with E-state index in [0.717, 1.165) is 13.0 Å². The van der Waals surface area contributed by atoms with E-state index >= 15 is 0 Å². The summed E-state index contributed by atoms with van der Waals surface area (Å²) in [6.45, 7) is 7.44. The monoisotopic (exact) mass is 287 g/mol. The van der Waals surface area contributed by atoms with Crippen LogP contribution in [0.3, 0.4) is 0 Å². The van der Waals surface area contributed by atoms with E-state index in [1.807, 2.05) is 0 Å². The van der Waals surface area contributed by atoms with E-state index in [2.05, 4.69) is 44.3 Å². The minimum atomic E-state index is 0.406. The van der Waals surface area contributed by atoms with Crippen LogP contribution in [0, 0.1) is 12.3 Å². The van der Waals surface area contributed by atoms with Gasteiger partial charge in [-0.05, 0) is 50.7 Å². The molecule has 116 valence electrons. The molecule has 0 aromatic heterocycles. The maximum atomic E-state index is 6.03. The fourth-order valence-corrected chi connectivity index (χ4v) is 4.49. The lowest BCUT2D eigenvalue weighted by molar-refractivity contribution is -0.114. The van der Waals surface area contributed by atoms with Crippen LogP contribution in [0.2, 0.25) is 0 Å². The zero-order valence-electron chi connectivity index (χ0n) is 13.7. The molecule has 1 aromatic rings. The lowest BCUT2D eigenvalue weighted by Crippen LogP contribution is -2.60. The molecule has 1 spiro atoms. The summed E-state index contributed by atoms with van der Waals surface area (Å²) in [5, 5.41) is 3.91. The molecule has 2 atom stereocenters. The lowest BCUT2D eigenvalue weighted by atomic mass is 9.60. The van der Waals surface area contributed by atoms with Gasteiger partial charge in [0.05, 0.1) is 6.10 Å². The Balaban J connectivity index is 1.80. The third-order valence-electron chi connectivity index (χ3n) is 5.75. The third-order valence-corrected chi connectivity index (χ3v) is 5.75.